The zero-order valence-corrected chi connectivity index (χ0v) is 25.7. The van der Waals surface area contributed by atoms with Crippen molar-refractivity contribution in [1.29, 1.82) is 0 Å². The summed E-state index contributed by atoms with van der Waals surface area (Å²) in [7, 11) is 0. The molecule has 1 spiro atoms. The highest BCUT2D eigenvalue weighted by atomic mass is 19.3. The summed E-state index contributed by atoms with van der Waals surface area (Å²) in [6.07, 6.45) is 0.305. The largest absolute Gasteiger partial charge is 0.316 e. The molecule has 2 fully saturated rings. The minimum absolute atomic E-state index is 0.131. The smallest absolute Gasteiger partial charge is 0.280 e. The van der Waals surface area contributed by atoms with Gasteiger partial charge in [-0.05, 0) is 66.4 Å². The third-order valence-electron chi connectivity index (χ3n) is 9.90. The van der Waals surface area contributed by atoms with Crippen LogP contribution in [0.2, 0.25) is 0 Å². The van der Waals surface area contributed by atoms with E-state index in [4.69, 9.17) is 5.10 Å². The molecule has 2 aliphatic rings. The Morgan fingerprint density at radius 1 is 0.787 bits per heavy atom. The van der Waals surface area contributed by atoms with Crippen molar-refractivity contribution in [1.82, 2.24) is 20.1 Å². The fourth-order valence-corrected chi connectivity index (χ4v) is 7.57. The van der Waals surface area contributed by atoms with Crippen molar-refractivity contribution in [2.75, 3.05) is 24.5 Å². The molecular formula is C39H33F2N5O. The van der Waals surface area contributed by atoms with Crippen molar-refractivity contribution >= 4 is 22.5 Å². The molecule has 1 atom stereocenters. The van der Waals surface area contributed by atoms with Crippen molar-refractivity contribution in [2.24, 2.45) is 5.41 Å². The van der Waals surface area contributed by atoms with E-state index >= 15 is 0 Å². The molecule has 47 heavy (non-hydrogen) atoms. The van der Waals surface area contributed by atoms with Crippen LogP contribution in [0.25, 0.3) is 22.2 Å². The molecule has 1 N–H and O–H groups in total. The van der Waals surface area contributed by atoms with Crippen LogP contribution >= 0.6 is 0 Å². The van der Waals surface area contributed by atoms with Gasteiger partial charge in [0.1, 0.15) is 16.9 Å². The highest BCUT2D eigenvalue weighted by molar-refractivity contribution is 6.03. The minimum atomic E-state index is -2.73. The number of aromatic nitrogens is 3. The molecule has 2 saturated heterocycles. The first kappa shape index (κ1) is 29.2. The lowest BCUT2D eigenvalue weighted by Gasteiger charge is -2.37. The van der Waals surface area contributed by atoms with Gasteiger partial charge in [0.2, 0.25) is 5.91 Å². The topological polar surface area (TPSA) is 63.1 Å². The molecule has 6 aromatic rings. The lowest BCUT2D eigenvalue weighted by Crippen LogP contribution is -2.38. The van der Waals surface area contributed by atoms with Crippen LogP contribution in [0.5, 0.6) is 0 Å². The second-order valence-electron chi connectivity index (χ2n) is 12.5. The second kappa shape index (κ2) is 11.5. The van der Waals surface area contributed by atoms with Gasteiger partial charge in [0.25, 0.3) is 6.43 Å². The summed E-state index contributed by atoms with van der Waals surface area (Å²) in [5, 5.41) is 9.48. The molecule has 234 valence electrons. The highest BCUT2D eigenvalue weighted by Crippen LogP contribution is 2.46. The number of hydrogen-bond donors (Lipinski definition) is 1. The van der Waals surface area contributed by atoms with Crippen molar-refractivity contribution in [2.45, 2.75) is 24.8 Å². The normalized spacial score (nSPS) is 18.2. The van der Waals surface area contributed by atoms with Gasteiger partial charge in [0, 0.05) is 35.9 Å². The predicted molar refractivity (Wildman–Crippen MR) is 179 cm³/mol. The lowest BCUT2D eigenvalue weighted by atomic mass is 9.77. The molecule has 8 heteroatoms. The maximum absolute atomic E-state index is 14.0. The second-order valence-corrected chi connectivity index (χ2v) is 12.5. The van der Waals surface area contributed by atoms with Crippen LogP contribution in [0.4, 0.5) is 14.5 Å². The molecule has 0 aliphatic carbocycles. The molecule has 1 amide bonds. The standard InChI is InChI=1S/C39H33F2N5O/c40-36(41)33-24-27(18-21-43-33)35-32-25-31(45-23-20-38(37(45)47)19-22-42-26-38)16-17-34(32)46(44-35)39(28-10-4-1-5-11-28,29-12-6-2-7-13-29)30-14-8-3-9-15-30/h1-18,21,24-25,36,42H,19-20,22-23,26H2/t38-/m0/s1. The van der Waals surface area contributed by atoms with Gasteiger partial charge in [-0.3, -0.25) is 9.78 Å². The molecule has 2 aromatic heterocycles. The molecule has 0 unspecified atom stereocenters. The molecule has 8 rings (SSSR count). The average molecular weight is 626 g/mol. The summed E-state index contributed by atoms with van der Waals surface area (Å²) < 4.78 is 29.9. The summed E-state index contributed by atoms with van der Waals surface area (Å²) in [5.74, 6) is 0.131. The number of carbonyl (C=O) groups excluding carboxylic acids is 1. The molecule has 0 radical (unpaired) electrons. The Kier molecular flexibility index (Phi) is 7.18. The van der Waals surface area contributed by atoms with Gasteiger partial charge >= 0.3 is 0 Å². The number of carbonyl (C=O) groups is 1. The van der Waals surface area contributed by atoms with E-state index in [1.807, 2.05) is 82.4 Å². The van der Waals surface area contributed by atoms with Crippen molar-refractivity contribution < 1.29 is 13.6 Å². The van der Waals surface area contributed by atoms with Gasteiger partial charge in [-0.2, -0.15) is 5.10 Å². The number of benzene rings is 4. The van der Waals surface area contributed by atoms with Gasteiger partial charge < -0.3 is 10.2 Å². The van der Waals surface area contributed by atoms with Crippen molar-refractivity contribution in [3.63, 3.8) is 0 Å². The third kappa shape index (κ3) is 4.66. The summed E-state index contributed by atoms with van der Waals surface area (Å²) in [4.78, 5) is 19.6. The van der Waals surface area contributed by atoms with Crippen LogP contribution in [0.1, 0.15) is 41.7 Å². The predicted octanol–water partition coefficient (Wildman–Crippen LogP) is 7.59. The Balaban J connectivity index is 1.43. The minimum Gasteiger partial charge on any atom is -0.316 e. The summed E-state index contributed by atoms with van der Waals surface area (Å²) in [6.45, 7) is 2.15. The molecule has 0 saturated carbocycles. The first-order valence-corrected chi connectivity index (χ1v) is 16.0. The van der Waals surface area contributed by atoms with E-state index in [2.05, 4.69) is 46.7 Å². The van der Waals surface area contributed by atoms with Gasteiger partial charge in [-0.25, -0.2) is 13.5 Å². The van der Waals surface area contributed by atoms with E-state index in [9.17, 15) is 13.6 Å². The van der Waals surface area contributed by atoms with Gasteiger partial charge in [-0.1, -0.05) is 91.0 Å². The Morgan fingerprint density at radius 3 is 2.00 bits per heavy atom. The zero-order chi connectivity index (χ0) is 32.0. The van der Waals surface area contributed by atoms with Crippen molar-refractivity contribution in [3.8, 4) is 11.3 Å². The molecule has 4 heterocycles. The number of amides is 1. The fraction of sp³-hybridized carbons (Fsp3) is 0.205. The van der Waals surface area contributed by atoms with E-state index in [1.165, 1.54) is 12.3 Å². The maximum atomic E-state index is 14.0. The van der Waals surface area contributed by atoms with Crippen LogP contribution in [0.15, 0.2) is 128 Å². The van der Waals surface area contributed by atoms with Crippen LogP contribution in [-0.4, -0.2) is 40.3 Å². The average Bonchev–Trinajstić information content (AvgIpc) is 3.85. The van der Waals surface area contributed by atoms with E-state index < -0.39 is 12.0 Å². The summed E-state index contributed by atoms with van der Waals surface area (Å²) >= 11 is 0. The van der Waals surface area contributed by atoms with Crippen LogP contribution < -0.4 is 10.2 Å². The molecule has 4 aromatic carbocycles. The van der Waals surface area contributed by atoms with Crippen molar-refractivity contribution in [3.05, 3.63) is 150 Å². The Bertz CT molecular complexity index is 1960. The lowest BCUT2D eigenvalue weighted by molar-refractivity contribution is -0.124. The Hall–Kier alpha value is -5.21. The summed E-state index contributed by atoms with van der Waals surface area (Å²) in [6, 6.07) is 39.8. The van der Waals surface area contributed by atoms with E-state index in [0.29, 0.717) is 24.3 Å². The number of halogens is 2. The number of nitrogens with one attached hydrogen (secondary N) is 1. The van der Waals surface area contributed by atoms with E-state index in [0.717, 1.165) is 52.7 Å². The number of nitrogens with zero attached hydrogens (tertiary/aromatic N) is 4. The number of anilines is 1. The van der Waals surface area contributed by atoms with Gasteiger partial charge in [0.15, 0.2) is 0 Å². The number of pyridine rings is 1. The third-order valence-corrected chi connectivity index (χ3v) is 9.90. The summed E-state index contributed by atoms with van der Waals surface area (Å²) in [5.41, 5.74) is 4.02. The number of fused-ring (bicyclic) bond motifs is 1. The first-order chi connectivity index (χ1) is 23.0. The van der Waals surface area contributed by atoms with Gasteiger partial charge in [-0.15, -0.1) is 0 Å². The SMILES string of the molecule is O=C1N(c2ccc3c(c2)c(-c2ccnc(C(F)F)c2)nn3C(c2ccccc2)(c2ccccc2)c2ccccc2)CC[C@]12CCNC2. The monoisotopic (exact) mass is 625 g/mol. The molecule has 6 nitrogen and oxygen atoms in total. The molecular weight excluding hydrogens is 592 g/mol. The Labute approximate surface area is 271 Å². The quantitative estimate of drug-likeness (QED) is 0.186. The highest BCUT2D eigenvalue weighted by Gasteiger charge is 2.49. The maximum Gasteiger partial charge on any atom is 0.280 e. The number of rotatable bonds is 7. The molecule has 2 aliphatic heterocycles. The Morgan fingerprint density at radius 2 is 1.43 bits per heavy atom. The number of hydrogen-bond acceptors (Lipinski definition) is 4. The van der Waals surface area contributed by atoms with E-state index in [-0.39, 0.29) is 17.0 Å². The first-order valence-electron chi connectivity index (χ1n) is 16.0. The fourth-order valence-electron chi connectivity index (χ4n) is 7.57. The van der Waals surface area contributed by atoms with Crippen LogP contribution in [-0.2, 0) is 10.3 Å². The van der Waals surface area contributed by atoms with E-state index in [1.54, 1.807) is 6.07 Å². The van der Waals surface area contributed by atoms with Gasteiger partial charge in [0.05, 0.1) is 10.9 Å². The van der Waals surface area contributed by atoms with Crippen LogP contribution in [0.3, 0.4) is 0 Å². The molecule has 0 bridgehead atoms. The number of alkyl halides is 2. The van der Waals surface area contributed by atoms with Crippen LogP contribution in [0, 0.1) is 5.41 Å². The zero-order valence-electron chi connectivity index (χ0n) is 25.7.